The summed E-state index contributed by atoms with van der Waals surface area (Å²) in [7, 11) is 0. The average molecular weight is 294 g/mol. The van der Waals surface area contributed by atoms with Crippen LogP contribution in [0.2, 0.25) is 0 Å². The predicted molar refractivity (Wildman–Crippen MR) is 72.3 cm³/mol. The molecular formula is C14H19ClF3N. The molecule has 19 heavy (non-hydrogen) atoms. The Morgan fingerprint density at radius 3 is 2.21 bits per heavy atom. The average Bonchev–Trinajstić information content (AvgIpc) is 2.36. The molecule has 0 saturated heterocycles. The van der Waals surface area contributed by atoms with Crippen molar-refractivity contribution in [2.24, 2.45) is 0 Å². The fraction of sp³-hybridized carbons (Fsp3) is 0.571. The van der Waals surface area contributed by atoms with Crippen molar-refractivity contribution in [3.63, 3.8) is 0 Å². The molecule has 0 aliphatic rings. The highest BCUT2D eigenvalue weighted by Crippen LogP contribution is 2.29. The Balaban J connectivity index is 2.64. The van der Waals surface area contributed by atoms with E-state index in [1.54, 1.807) is 0 Å². The molecule has 0 amide bonds. The van der Waals surface area contributed by atoms with Crippen LogP contribution in [-0.2, 0) is 12.7 Å². The quantitative estimate of drug-likeness (QED) is 0.667. The third-order valence-electron chi connectivity index (χ3n) is 2.92. The summed E-state index contributed by atoms with van der Waals surface area (Å²) in [6.07, 6.45) is -2.11. The van der Waals surface area contributed by atoms with E-state index in [2.05, 4.69) is 11.8 Å². The zero-order valence-corrected chi connectivity index (χ0v) is 11.8. The van der Waals surface area contributed by atoms with Gasteiger partial charge in [0.05, 0.1) is 5.56 Å². The van der Waals surface area contributed by atoms with E-state index < -0.39 is 11.7 Å². The van der Waals surface area contributed by atoms with Crippen LogP contribution >= 0.6 is 11.6 Å². The van der Waals surface area contributed by atoms with Gasteiger partial charge in [-0.15, -0.1) is 11.6 Å². The van der Waals surface area contributed by atoms with Crippen LogP contribution in [0.25, 0.3) is 0 Å². The molecule has 0 saturated carbocycles. The van der Waals surface area contributed by atoms with Gasteiger partial charge in [0.15, 0.2) is 0 Å². The molecule has 0 fully saturated rings. The maximum atomic E-state index is 12.4. The predicted octanol–water partition coefficient (Wildman–Crippen LogP) is 4.55. The maximum absolute atomic E-state index is 12.4. The van der Waals surface area contributed by atoms with Gasteiger partial charge < -0.3 is 0 Å². The molecule has 5 heteroatoms. The van der Waals surface area contributed by atoms with Gasteiger partial charge in [-0.3, -0.25) is 4.90 Å². The van der Waals surface area contributed by atoms with Crippen molar-refractivity contribution >= 4 is 11.6 Å². The van der Waals surface area contributed by atoms with Crippen LogP contribution in [0.4, 0.5) is 13.2 Å². The van der Waals surface area contributed by atoms with E-state index in [0.717, 1.165) is 43.6 Å². The van der Waals surface area contributed by atoms with E-state index in [0.29, 0.717) is 12.4 Å². The van der Waals surface area contributed by atoms with Gasteiger partial charge in [-0.2, -0.15) is 13.2 Å². The molecule has 1 rings (SSSR count). The summed E-state index contributed by atoms with van der Waals surface area (Å²) in [6.45, 7) is 4.43. The van der Waals surface area contributed by atoms with Crippen LogP contribution in [0.5, 0.6) is 0 Å². The van der Waals surface area contributed by atoms with Crippen molar-refractivity contribution in [3.8, 4) is 0 Å². The molecule has 1 nitrogen and oxygen atoms in total. The number of halogens is 4. The molecule has 0 aromatic heterocycles. The van der Waals surface area contributed by atoms with Gasteiger partial charge in [-0.05, 0) is 30.7 Å². The molecule has 0 N–H and O–H groups in total. The normalized spacial score (nSPS) is 12.1. The fourth-order valence-electron chi connectivity index (χ4n) is 1.83. The second-order valence-electron chi connectivity index (χ2n) is 4.51. The Labute approximate surface area is 117 Å². The summed E-state index contributed by atoms with van der Waals surface area (Å²) in [6, 6.07) is 5.34. The first-order valence-electron chi connectivity index (χ1n) is 6.41. The highest BCUT2D eigenvalue weighted by atomic mass is 35.5. The monoisotopic (exact) mass is 293 g/mol. The molecule has 0 radical (unpaired) electrons. The van der Waals surface area contributed by atoms with Gasteiger partial charge >= 0.3 is 6.18 Å². The minimum Gasteiger partial charge on any atom is -0.298 e. The number of benzene rings is 1. The molecule has 0 aliphatic heterocycles. The lowest BCUT2D eigenvalue weighted by Gasteiger charge is -2.21. The van der Waals surface area contributed by atoms with Crippen LogP contribution < -0.4 is 0 Å². The minimum atomic E-state index is -4.27. The van der Waals surface area contributed by atoms with Crippen molar-refractivity contribution in [2.75, 3.05) is 19.0 Å². The van der Waals surface area contributed by atoms with Gasteiger partial charge in [-0.1, -0.05) is 25.5 Å². The summed E-state index contributed by atoms with van der Waals surface area (Å²) in [5.74, 6) is 0.532. The van der Waals surface area contributed by atoms with E-state index in [4.69, 9.17) is 11.6 Å². The van der Waals surface area contributed by atoms with Crippen LogP contribution in [0.3, 0.4) is 0 Å². The van der Waals surface area contributed by atoms with Crippen molar-refractivity contribution < 1.29 is 13.2 Å². The highest BCUT2D eigenvalue weighted by molar-refractivity contribution is 6.18. The van der Waals surface area contributed by atoms with Crippen LogP contribution in [0.1, 0.15) is 30.9 Å². The number of hydrogen-bond donors (Lipinski definition) is 0. The number of rotatable bonds is 7. The molecule has 1 aromatic carbocycles. The van der Waals surface area contributed by atoms with E-state index in [1.165, 1.54) is 12.1 Å². The van der Waals surface area contributed by atoms with Crippen LogP contribution in [-0.4, -0.2) is 23.9 Å². The summed E-state index contributed by atoms with van der Waals surface area (Å²) < 4.78 is 37.3. The van der Waals surface area contributed by atoms with Gasteiger partial charge in [0.25, 0.3) is 0 Å². The molecule has 1 aromatic rings. The second kappa shape index (κ2) is 7.75. The summed E-state index contributed by atoms with van der Waals surface area (Å²) in [5, 5.41) is 0. The first-order chi connectivity index (χ1) is 8.97. The number of nitrogens with zero attached hydrogens (tertiary/aromatic N) is 1. The van der Waals surface area contributed by atoms with Crippen molar-refractivity contribution in [2.45, 2.75) is 32.5 Å². The Morgan fingerprint density at radius 1 is 1.11 bits per heavy atom. The molecule has 0 bridgehead atoms. The standard InChI is InChI=1S/C14H19ClF3N/c1-2-3-9-19(10-8-15)11-12-4-6-13(7-5-12)14(16,17)18/h4-7H,2-3,8-11H2,1H3. The van der Waals surface area contributed by atoms with Crippen molar-refractivity contribution in [3.05, 3.63) is 35.4 Å². The molecule has 0 unspecified atom stereocenters. The zero-order chi connectivity index (χ0) is 14.3. The minimum absolute atomic E-state index is 0.532. The fourth-order valence-corrected chi connectivity index (χ4v) is 2.07. The molecular weight excluding hydrogens is 275 g/mol. The largest absolute Gasteiger partial charge is 0.416 e. The van der Waals surface area contributed by atoms with Crippen LogP contribution in [0, 0.1) is 0 Å². The Bertz CT molecular complexity index is 362. The Kier molecular flexibility index (Phi) is 6.66. The third-order valence-corrected chi connectivity index (χ3v) is 3.09. The smallest absolute Gasteiger partial charge is 0.298 e. The van der Waals surface area contributed by atoms with Crippen molar-refractivity contribution in [1.29, 1.82) is 0 Å². The van der Waals surface area contributed by atoms with E-state index in [9.17, 15) is 13.2 Å². The van der Waals surface area contributed by atoms with Gasteiger partial charge in [0.1, 0.15) is 0 Å². The maximum Gasteiger partial charge on any atom is 0.416 e. The molecule has 108 valence electrons. The second-order valence-corrected chi connectivity index (χ2v) is 4.89. The summed E-state index contributed by atoms with van der Waals surface area (Å²) >= 11 is 5.74. The molecule has 0 spiro atoms. The SMILES string of the molecule is CCCCN(CCCl)Cc1ccc(C(F)(F)F)cc1. The lowest BCUT2D eigenvalue weighted by molar-refractivity contribution is -0.137. The Morgan fingerprint density at radius 2 is 1.74 bits per heavy atom. The van der Waals surface area contributed by atoms with Gasteiger partial charge in [-0.25, -0.2) is 0 Å². The summed E-state index contributed by atoms with van der Waals surface area (Å²) in [4.78, 5) is 2.17. The van der Waals surface area contributed by atoms with E-state index in [1.807, 2.05) is 0 Å². The number of hydrogen-bond acceptors (Lipinski definition) is 1. The topological polar surface area (TPSA) is 3.24 Å². The van der Waals surface area contributed by atoms with E-state index in [-0.39, 0.29) is 0 Å². The van der Waals surface area contributed by atoms with Crippen molar-refractivity contribution in [1.82, 2.24) is 4.90 Å². The zero-order valence-electron chi connectivity index (χ0n) is 11.0. The number of unbranched alkanes of at least 4 members (excludes halogenated alkanes) is 1. The Hall–Kier alpha value is -0.740. The third kappa shape index (κ3) is 5.83. The number of alkyl halides is 4. The van der Waals surface area contributed by atoms with E-state index >= 15 is 0 Å². The van der Waals surface area contributed by atoms with Crippen LogP contribution in [0.15, 0.2) is 24.3 Å². The first kappa shape index (κ1) is 16.3. The molecule has 0 heterocycles. The molecule has 0 atom stereocenters. The lowest BCUT2D eigenvalue weighted by Crippen LogP contribution is -2.26. The van der Waals surface area contributed by atoms with Gasteiger partial charge in [0, 0.05) is 19.0 Å². The molecule has 0 aliphatic carbocycles. The first-order valence-corrected chi connectivity index (χ1v) is 6.95. The van der Waals surface area contributed by atoms with Gasteiger partial charge in [0.2, 0.25) is 0 Å². The highest BCUT2D eigenvalue weighted by Gasteiger charge is 2.29. The summed E-state index contributed by atoms with van der Waals surface area (Å²) in [5.41, 5.74) is 0.280. The lowest BCUT2D eigenvalue weighted by atomic mass is 10.1.